The summed E-state index contributed by atoms with van der Waals surface area (Å²) in [7, 11) is 0. The molecule has 3 N–H and O–H groups in total. The molecule has 2 fully saturated rings. The summed E-state index contributed by atoms with van der Waals surface area (Å²) in [5.41, 5.74) is -0.497. The first-order valence-electron chi connectivity index (χ1n) is 15.9. The van der Waals surface area contributed by atoms with E-state index in [2.05, 4.69) is 16.0 Å². The molecular weight excluding hydrogens is 640 g/mol. The van der Waals surface area contributed by atoms with Crippen molar-refractivity contribution in [3.63, 3.8) is 0 Å². The van der Waals surface area contributed by atoms with Gasteiger partial charge in [-0.05, 0) is 37.3 Å². The smallest absolute Gasteiger partial charge is 0.410 e. The third kappa shape index (κ3) is 7.88. The predicted octanol–water partition coefficient (Wildman–Crippen LogP) is 3.07. The Morgan fingerprint density at radius 3 is 2.67 bits per heavy atom. The molecule has 1 saturated heterocycles. The minimum atomic E-state index is -4.58. The maximum absolute atomic E-state index is 14.3. The van der Waals surface area contributed by atoms with Crippen LogP contribution in [-0.2, 0) is 37.0 Å². The number of halogens is 4. The summed E-state index contributed by atoms with van der Waals surface area (Å²) in [4.78, 5) is 68.9. The topological polar surface area (TPSA) is 161 Å². The molecule has 0 radical (unpaired) electrons. The van der Waals surface area contributed by atoms with Gasteiger partial charge in [0.1, 0.15) is 29.5 Å². The van der Waals surface area contributed by atoms with Crippen molar-refractivity contribution in [2.45, 2.75) is 101 Å². The Labute approximate surface area is 273 Å². The molecule has 16 heteroatoms. The van der Waals surface area contributed by atoms with Gasteiger partial charge in [-0.1, -0.05) is 37.1 Å². The second-order valence-corrected chi connectivity index (χ2v) is 12.6. The predicted molar refractivity (Wildman–Crippen MR) is 158 cm³/mol. The van der Waals surface area contributed by atoms with Gasteiger partial charge in [-0.15, -0.1) is 0 Å². The number of nitrogens with one attached hydrogen (secondary N) is 3. The summed E-state index contributed by atoms with van der Waals surface area (Å²) < 4.78 is 58.4. The number of rotatable bonds is 5. The molecule has 5 amide bonds. The number of carbonyl (C=O) groups is 5. The van der Waals surface area contributed by atoms with Crippen molar-refractivity contribution in [2.24, 2.45) is 5.92 Å². The Kier molecular flexibility index (Phi) is 10.3. The van der Waals surface area contributed by atoms with Crippen molar-refractivity contribution in [2.75, 3.05) is 6.54 Å². The Balaban J connectivity index is 1.38. The fourth-order valence-electron chi connectivity index (χ4n) is 6.58. The summed E-state index contributed by atoms with van der Waals surface area (Å²) in [6.45, 7) is -0.242. The Hall–Kier alpha value is -4.68. The van der Waals surface area contributed by atoms with E-state index in [9.17, 15) is 41.5 Å². The lowest BCUT2D eigenvalue weighted by Gasteiger charge is -2.29. The normalized spacial score (nSPS) is 28.0. The first-order valence-corrected chi connectivity index (χ1v) is 15.9. The van der Waals surface area contributed by atoms with E-state index in [1.54, 1.807) is 18.3 Å². The molecule has 5 rings (SSSR count). The highest BCUT2D eigenvalue weighted by Crippen LogP contribution is 2.45. The molecular formula is C32H36F4N6O6. The number of fused-ring (bicyclic) bond motifs is 3. The van der Waals surface area contributed by atoms with Crippen LogP contribution in [0.4, 0.5) is 22.4 Å². The van der Waals surface area contributed by atoms with Gasteiger partial charge < -0.3 is 20.3 Å². The Bertz CT molecular complexity index is 1530. The molecule has 1 unspecified atom stereocenters. The summed E-state index contributed by atoms with van der Waals surface area (Å²) in [5.74, 6) is -4.12. The molecule has 0 aromatic heterocycles. The van der Waals surface area contributed by atoms with E-state index in [1.807, 2.05) is 6.08 Å². The van der Waals surface area contributed by atoms with Crippen molar-refractivity contribution in [3.8, 4) is 6.19 Å². The zero-order chi connectivity index (χ0) is 34.6. The van der Waals surface area contributed by atoms with Gasteiger partial charge in [0.15, 0.2) is 6.19 Å². The fourth-order valence-corrected chi connectivity index (χ4v) is 6.58. The number of carbonyl (C=O) groups excluding carboxylic acids is 5. The summed E-state index contributed by atoms with van der Waals surface area (Å²) >= 11 is 0. The minimum Gasteiger partial charge on any atom is -0.444 e. The van der Waals surface area contributed by atoms with Gasteiger partial charge in [0.05, 0.1) is 19.5 Å². The maximum Gasteiger partial charge on any atom is 0.410 e. The van der Waals surface area contributed by atoms with Crippen LogP contribution in [0.25, 0.3) is 0 Å². The maximum atomic E-state index is 14.3. The van der Waals surface area contributed by atoms with Gasteiger partial charge in [-0.2, -0.15) is 18.4 Å². The number of hydrogen-bond donors (Lipinski definition) is 3. The number of hydrogen-bond acceptors (Lipinski definition) is 7. The molecule has 4 aliphatic rings. The van der Waals surface area contributed by atoms with Crippen LogP contribution in [-0.4, -0.2) is 76.0 Å². The molecule has 1 aliphatic carbocycles. The number of nitrogens with zero attached hydrogens (tertiary/aromatic N) is 3. The van der Waals surface area contributed by atoms with E-state index in [0.29, 0.717) is 36.8 Å². The third-order valence-corrected chi connectivity index (χ3v) is 9.24. The molecule has 12 nitrogen and oxygen atoms in total. The van der Waals surface area contributed by atoms with Gasteiger partial charge in [-0.3, -0.25) is 29.4 Å². The van der Waals surface area contributed by atoms with E-state index in [-0.39, 0.29) is 38.9 Å². The third-order valence-electron chi connectivity index (χ3n) is 9.24. The minimum absolute atomic E-state index is 0.0441. The van der Waals surface area contributed by atoms with Gasteiger partial charge in [0.25, 0.3) is 5.91 Å². The number of amides is 5. The second-order valence-electron chi connectivity index (χ2n) is 12.6. The van der Waals surface area contributed by atoms with Gasteiger partial charge in [0.2, 0.25) is 17.7 Å². The average Bonchev–Trinajstić information content (AvgIpc) is 3.33. The van der Waals surface area contributed by atoms with E-state index in [4.69, 9.17) is 10.00 Å². The lowest BCUT2D eigenvalue weighted by Crippen LogP contribution is -2.57. The second kappa shape index (κ2) is 14.2. The molecule has 5 atom stereocenters. The zero-order valence-electron chi connectivity index (χ0n) is 26.0. The molecule has 3 aliphatic heterocycles. The lowest BCUT2D eigenvalue weighted by atomic mass is 10.0. The fraction of sp³-hybridized carbons (Fsp3) is 0.562. The van der Waals surface area contributed by atoms with E-state index in [0.717, 1.165) is 4.90 Å². The van der Waals surface area contributed by atoms with Crippen molar-refractivity contribution < 1.29 is 46.3 Å². The Morgan fingerprint density at radius 1 is 1.15 bits per heavy atom. The largest absolute Gasteiger partial charge is 0.444 e. The first-order chi connectivity index (χ1) is 22.8. The SMILES string of the molecule is N#CNC(=O)[C@@]12C[C@@H]1/C=C\CCCCC[C@H](NC(=O)CCC(F)(F)F)C(=O)N1C[C@H](OC(=O)N3Cc4cccc(F)c4C3)CC1C(=O)N2. The molecule has 1 aromatic rings. The van der Waals surface area contributed by atoms with E-state index < -0.39 is 84.2 Å². The molecule has 258 valence electrons. The number of alkyl halides is 3. The quantitative estimate of drug-likeness (QED) is 0.187. The lowest BCUT2D eigenvalue weighted by molar-refractivity contribution is -0.146. The van der Waals surface area contributed by atoms with Crippen LogP contribution < -0.4 is 16.0 Å². The van der Waals surface area contributed by atoms with Gasteiger partial charge in [-0.25, -0.2) is 9.18 Å². The number of ether oxygens (including phenoxy) is 1. The van der Waals surface area contributed by atoms with E-state index in [1.165, 1.54) is 17.0 Å². The van der Waals surface area contributed by atoms with Crippen molar-refractivity contribution in [3.05, 3.63) is 47.3 Å². The standard InChI is InChI=1S/C32H36F4N6O6/c33-23-9-6-7-19-15-41(17-22(19)23)30(47)48-21-13-25-27(44)40-31(29(46)38-18-37)14-20(31)8-4-2-1-3-5-10-24(28(45)42(25)16-21)39-26(43)11-12-32(34,35)36/h4,6-9,20-21,24-25H,1-3,5,10-17H2,(H,38,46)(H,39,43)(H,40,44)/b8-4-/t20-,21+,24-,25?,31+/m0/s1. The van der Waals surface area contributed by atoms with Crippen LogP contribution in [0.5, 0.6) is 0 Å². The molecule has 3 heterocycles. The summed E-state index contributed by atoms with van der Waals surface area (Å²) in [5, 5.41) is 16.3. The van der Waals surface area contributed by atoms with Gasteiger partial charge in [0, 0.05) is 30.9 Å². The zero-order valence-corrected chi connectivity index (χ0v) is 26.0. The van der Waals surface area contributed by atoms with Crippen LogP contribution in [0.1, 0.15) is 68.9 Å². The van der Waals surface area contributed by atoms with Crippen molar-refractivity contribution in [1.29, 1.82) is 5.26 Å². The van der Waals surface area contributed by atoms with Crippen LogP contribution in [0.15, 0.2) is 30.4 Å². The van der Waals surface area contributed by atoms with Crippen LogP contribution in [0.3, 0.4) is 0 Å². The highest BCUT2D eigenvalue weighted by atomic mass is 19.4. The first kappa shape index (κ1) is 34.6. The van der Waals surface area contributed by atoms with Crippen LogP contribution in [0, 0.1) is 23.2 Å². The summed E-state index contributed by atoms with van der Waals surface area (Å²) in [6, 6.07) is 1.93. The molecule has 48 heavy (non-hydrogen) atoms. The molecule has 1 aromatic carbocycles. The van der Waals surface area contributed by atoms with Gasteiger partial charge >= 0.3 is 12.3 Å². The van der Waals surface area contributed by atoms with Crippen molar-refractivity contribution in [1.82, 2.24) is 25.8 Å². The highest BCUT2D eigenvalue weighted by Gasteiger charge is 2.61. The van der Waals surface area contributed by atoms with Crippen LogP contribution in [0.2, 0.25) is 0 Å². The molecule has 0 bridgehead atoms. The number of benzene rings is 1. The Morgan fingerprint density at radius 2 is 1.94 bits per heavy atom. The highest BCUT2D eigenvalue weighted by molar-refractivity contribution is 5.99. The number of nitriles is 1. The van der Waals surface area contributed by atoms with Crippen LogP contribution >= 0.6 is 0 Å². The van der Waals surface area contributed by atoms with E-state index >= 15 is 0 Å². The monoisotopic (exact) mass is 676 g/mol. The number of allylic oxidation sites excluding steroid dienone is 1. The summed E-state index contributed by atoms with van der Waals surface area (Å²) in [6.07, 6.45) is -0.990. The van der Waals surface area contributed by atoms with Crippen molar-refractivity contribution >= 4 is 29.7 Å². The molecule has 0 spiro atoms. The average molecular weight is 677 g/mol. The molecule has 1 saturated carbocycles.